The predicted octanol–water partition coefficient (Wildman–Crippen LogP) is 3.13. The molecule has 3 N–H and O–H groups in total. The smallest absolute Gasteiger partial charge is 0.379 e. The Morgan fingerprint density at radius 2 is 1.76 bits per heavy atom. The van der Waals surface area contributed by atoms with Gasteiger partial charge in [-0.1, -0.05) is 13.3 Å². The first-order chi connectivity index (χ1) is 13.5. The SMILES string of the molecule is CCCCOCCOCCNC(=NC)NCCNc1ncccc1C(F)(F)F.I. The number of halogens is 4. The summed E-state index contributed by atoms with van der Waals surface area (Å²) in [6.07, 6.45) is -0.961. The number of guanidine groups is 1. The van der Waals surface area contributed by atoms with E-state index >= 15 is 0 Å². The number of alkyl halides is 3. The fourth-order valence-electron chi connectivity index (χ4n) is 2.17. The third kappa shape index (κ3) is 12.7. The van der Waals surface area contributed by atoms with Gasteiger partial charge in [-0.15, -0.1) is 24.0 Å². The molecular formula is C18H31F3IN5O2. The monoisotopic (exact) mass is 533 g/mol. The number of ether oxygens (including phenoxy) is 2. The number of nitrogens with zero attached hydrogens (tertiary/aromatic N) is 2. The summed E-state index contributed by atoms with van der Waals surface area (Å²) in [5.41, 5.74) is -0.784. The fraction of sp³-hybridized carbons (Fsp3) is 0.667. The highest BCUT2D eigenvalue weighted by atomic mass is 127. The quantitative estimate of drug-likeness (QED) is 0.157. The molecule has 1 aromatic heterocycles. The van der Waals surface area contributed by atoms with Gasteiger partial charge in [0.05, 0.1) is 25.4 Å². The molecular weight excluding hydrogens is 502 g/mol. The van der Waals surface area contributed by atoms with Gasteiger partial charge in [-0.2, -0.15) is 13.2 Å². The summed E-state index contributed by atoms with van der Waals surface area (Å²) in [4.78, 5) is 7.80. The highest BCUT2D eigenvalue weighted by Gasteiger charge is 2.33. The first-order valence-electron chi connectivity index (χ1n) is 9.35. The summed E-state index contributed by atoms with van der Waals surface area (Å²) in [5.74, 6) is 0.357. The van der Waals surface area contributed by atoms with Crippen molar-refractivity contribution in [2.75, 3.05) is 58.4 Å². The van der Waals surface area contributed by atoms with Gasteiger partial charge in [0, 0.05) is 39.5 Å². The van der Waals surface area contributed by atoms with Gasteiger partial charge in [0.1, 0.15) is 5.82 Å². The number of pyridine rings is 1. The van der Waals surface area contributed by atoms with Crippen LogP contribution in [0.25, 0.3) is 0 Å². The van der Waals surface area contributed by atoms with Crippen molar-refractivity contribution in [1.29, 1.82) is 0 Å². The van der Waals surface area contributed by atoms with Gasteiger partial charge in [-0.3, -0.25) is 4.99 Å². The number of hydrogen-bond acceptors (Lipinski definition) is 5. The van der Waals surface area contributed by atoms with Crippen LogP contribution in [0, 0.1) is 0 Å². The van der Waals surface area contributed by atoms with Crippen LogP contribution in [-0.4, -0.2) is 64.1 Å². The third-order valence-corrected chi connectivity index (χ3v) is 3.60. The standard InChI is InChI=1S/C18H30F3N5O2.HI/c1-3-4-11-27-13-14-28-12-10-26-17(22-2)25-9-8-24-16-15(18(19,20)21)6-5-7-23-16;/h5-7H,3-4,8-14H2,1-2H3,(H,23,24)(H2,22,25,26);1H. The highest BCUT2D eigenvalue weighted by Crippen LogP contribution is 2.33. The molecule has 0 aliphatic rings. The number of aliphatic imine (C=N–C) groups is 1. The maximum Gasteiger partial charge on any atom is 0.419 e. The number of anilines is 1. The molecule has 0 radical (unpaired) electrons. The second kappa shape index (κ2) is 16.5. The Hall–Kier alpha value is -1.34. The summed E-state index contributed by atoms with van der Waals surface area (Å²) in [7, 11) is 1.62. The summed E-state index contributed by atoms with van der Waals surface area (Å²) >= 11 is 0. The molecule has 1 aromatic rings. The number of unbranched alkanes of at least 4 members (excludes halogenated alkanes) is 1. The van der Waals surface area contributed by atoms with Crippen molar-refractivity contribution >= 4 is 35.8 Å². The number of rotatable bonds is 13. The van der Waals surface area contributed by atoms with Gasteiger partial charge in [0.2, 0.25) is 0 Å². The van der Waals surface area contributed by atoms with E-state index in [2.05, 4.69) is 32.9 Å². The van der Waals surface area contributed by atoms with Gasteiger partial charge in [-0.05, 0) is 18.6 Å². The maximum absolute atomic E-state index is 12.9. The topological polar surface area (TPSA) is 79.8 Å². The van der Waals surface area contributed by atoms with Crippen molar-refractivity contribution in [3.8, 4) is 0 Å². The lowest BCUT2D eigenvalue weighted by molar-refractivity contribution is -0.137. The van der Waals surface area contributed by atoms with Crippen LogP contribution in [-0.2, 0) is 15.7 Å². The van der Waals surface area contributed by atoms with Crippen molar-refractivity contribution < 1.29 is 22.6 Å². The molecule has 29 heavy (non-hydrogen) atoms. The Bertz CT molecular complexity index is 577. The fourth-order valence-corrected chi connectivity index (χ4v) is 2.17. The van der Waals surface area contributed by atoms with Crippen LogP contribution in [0.2, 0.25) is 0 Å². The Morgan fingerprint density at radius 1 is 1.07 bits per heavy atom. The molecule has 11 heteroatoms. The molecule has 7 nitrogen and oxygen atoms in total. The summed E-state index contributed by atoms with van der Waals surface area (Å²) in [5, 5.41) is 8.76. The van der Waals surface area contributed by atoms with Crippen molar-refractivity contribution in [1.82, 2.24) is 15.6 Å². The maximum atomic E-state index is 12.9. The van der Waals surface area contributed by atoms with Crippen molar-refractivity contribution in [2.45, 2.75) is 25.9 Å². The number of hydrogen-bond donors (Lipinski definition) is 3. The summed E-state index contributed by atoms with van der Waals surface area (Å²) < 4.78 is 49.5. The van der Waals surface area contributed by atoms with Gasteiger partial charge in [0.25, 0.3) is 0 Å². The Morgan fingerprint density at radius 3 is 2.41 bits per heavy atom. The normalized spacial score (nSPS) is 11.7. The summed E-state index contributed by atoms with van der Waals surface area (Å²) in [6, 6.07) is 2.26. The van der Waals surface area contributed by atoms with E-state index in [4.69, 9.17) is 9.47 Å². The van der Waals surface area contributed by atoms with Crippen LogP contribution in [0.5, 0.6) is 0 Å². The minimum Gasteiger partial charge on any atom is -0.379 e. The minimum atomic E-state index is -4.44. The van der Waals surface area contributed by atoms with Crippen LogP contribution >= 0.6 is 24.0 Å². The van der Waals surface area contributed by atoms with E-state index in [9.17, 15) is 13.2 Å². The van der Waals surface area contributed by atoms with E-state index < -0.39 is 11.7 Å². The van der Waals surface area contributed by atoms with Crippen LogP contribution < -0.4 is 16.0 Å². The van der Waals surface area contributed by atoms with E-state index in [1.807, 2.05) is 0 Å². The zero-order chi connectivity index (χ0) is 20.7. The first kappa shape index (κ1) is 27.7. The molecule has 0 amide bonds. The zero-order valence-electron chi connectivity index (χ0n) is 16.8. The molecule has 0 saturated heterocycles. The van der Waals surface area contributed by atoms with Crippen molar-refractivity contribution in [3.05, 3.63) is 23.9 Å². The molecule has 0 spiro atoms. The molecule has 1 heterocycles. The molecule has 0 saturated carbocycles. The van der Waals surface area contributed by atoms with Gasteiger partial charge in [0.15, 0.2) is 5.96 Å². The molecule has 0 bridgehead atoms. The van der Waals surface area contributed by atoms with E-state index in [0.717, 1.165) is 25.5 Å². The second-order valence-corrected chi connectivity index (χ2v) is 5.83. The number of aromatic nitrogens is 1. The molecule has 0 atom stereocenters. The van der Waals surface area contributed by atoms with E-state index in [-0.39, 0.29) is 36.3 Å². The second-order valence-electron chi connectivity index (χ2n) is 5.83. The Labute approximate surface area is 187 Å². The van der Waals surface area contributed by atoms with Gasteiger partial charge in [-0.25, -0.2) is 4.98 Å². The Balaban J connectivity index is 0.00000784. The number of nitrogens with one attached hydrogen (secondary N) is 3. The van der Waals surface area contributed by atoms with Crippen LogP contribution in [0.4, 0.5) is 19.0 Å². The van der Waals surface area contributed by atoms with E-state index in [1.54, 1.807) is 7.05 Å². The Kier molecular flexibility index (Phi) is 15.7. The lowest BCUT2D eigenvalue weighted by Gasteiger charge is -2.15. The van der Waals surface area contributed by atoms with Gasteiger partial charge < -0.3 is 25.4 Å². The lowest BCUT2D eigenvalue weighted by Crippen LogP contribution is -2.41. The average Bonchev–Trinajstić information content (AvgIpc) is 2.67. The molecule has 0 unspecified atom stereocenters. The van der Waals surface area contributed by atoms with Crippen LogP contribution in [0.1, 0.15) is 25.3 Å². The molecule has 0 aliphatic carbocycles. The van der Waals surface area contributed by atoms with Crippen LogP contribution in [0.3, 0.4) is 0 Å². The largest absolute Gasteiger partial charge is 0.419 e. The average molecular weight is 533 g/mol. The lowest BCUT2D eigenvalue weighted by atomic mass is 10.2. The molecule has 0 aliphatic heterocycles. The third-order valence-electron chi connectivity index (χ3n) is 3.60. The molecule has 0 aromatic carbocycles. The zero-order valence-corrected chi connectivity index (χ0v) is 19.2. The highest BCUT2D eigenvalue weighted by molar-refractivity contribution is 14.0. The van der Waals surface area contributed by atoms with Crippen molar-refractivity contribution in [2.24, 2.45) is 4.99 Å². The first-order valence-corrected chi connectivity index (χ1v) is 9.35. The minimum absolute atomic E-state index is 0. The van der Waals surface area contributed by atoms with E-state index in [1.165, 1.54) is 12.3 Å². The summed E-state index contributed by atoms with van der Waals surface area (Å²) in [6.45, 7) is 5.66. The van der Waals surface area contributed by atoms with Crippen molar-refractivity contribution in [3.63, 3.8) is 0 Å². The molecule has 168 valence electrons. The van der Waals surface area contributed by atoms with E-state index in [0.29, 0.717) is 38.9 Å². The molecule has 1 rings (SSSR count). The van der Waals surface area contributed by atoms with Crippen LogP contribution in [0.15, 0.2) is 23.3 Å². The molecule has 0 fully saturated rings. The van der Waals surface area contributed by atoms with Gasteiger partial charge >= 0.3 is 6.18 Å². The predicted molar refractivity (Wildman–Crippen MR) is 119 cm³/mol.